The first-order valence-electron chi connectivity index (χ1n) is 10.5. The Balaban J connectivity index is 1.54. The summed E-state index contributed by atoms with van der Waals surface area (Å²) >= 11 is 0. The molecular formula is C24H30N2O2. The second-order valence-electron chi connectivity index (χ2n) is 7.97. The Kier molecular flexibility index (Phi) is 5.96. The van der Waals surface area contributed by atoms with Gasteiger partial charge in [-0.15, -0.1) is 0 Å². The minimum Gasteiger partial charge on any atom is -0.497 e. The van der Waals surface area contributed by atoms with E-state index in [1.165, 1.54) is 32.4 Å². The van der Waals surface area contributed by atoms with Crippen molar-refractivity contribution in [3.05, 3.63) is 54.1 Å². The quantitative estimate of drug-likeness (QED) is 0.770. The van der Waals surface area contributed by atoms with Crippen LogP contribution in [0.4, 0.5) is 0 Å². The van der Waals surface area contributed by atoms with Crippen molar-refractivity contribution in [2.75, 3.05) is 33.3 Å². The van der Waals surface area contributed by atoms with Gasteiger partial charge in [-0.3, -0.25) is 4.79 Å². The third-order valence-corrected chi connectivity index (χ3v) is 6.07. The largest absolute Gasteiger partial charge is 0.497 e. The van der Waals surface area contributed by atoms with Gasteiger partial charge in [-0.2, -0.15) is 0 Å². The number of piperidine rings is 1. The summed E-state index contributed by atoms with van der Waals surface area (Å²) < 4.78 is 5.35. The molecule has 4 heteroatoms. The average molecular weight is 379 g/mol. The molecule has 0 radical (unpaired) electrons. The lowest BCUT2D eigenvalue weighted by molar-refractivity contribution is 0.0560. The third-order valence-electron chi connectivity index (χ3n) is 6.07. The smallest absolute Gasteiger partial charge is 0.254 e. The first-order chi connectivity index (χ1) is 13.7. The molecule has 2 saturated heterocycles. The van der Waals surface area contributed by atoms with E-state index < -0.39 is 0 Å². The monoisotopic (exact) mass is 378 g/mol. The second-order valence-corrected chi connectivity index (χ2v) is 7.97. The van der Waals surface area contributed by atoms with Crippen molar-refractivity contribution in [3.8, 4) is 16.9 Å². The molecule has 28 heavy (non-hydrogen) atoms. The highest BCUT2D eigenvalue weighted by Gasteiger charge is 2.29. The molecule has 0 aromatic heterocycles. The van der Waals surface area contributed by atoms with Crippen LogP contribution in [0.2, 0.25) is 0 Å². The molecule has 4 nitrogen and oxygen atoms in total. The fourth-order valence-electron chi connectivity index (χ4n) is 4.52. The van der Waals surface area contributed by atoms with Crippen LogP contribution < -0.4 is 4.74 Å². The van der Waals surface area contributed by atoms with Crippen LogP contribution >= 0.6 is 0 Å². The summed E-state index contributed by atoms with van der Waals surface area (Å²) in [4.78, 5) is 18.0. The van der Waals surface area contributed by atoms with Gasteiger partial charge < -0.3 is 14.5 Å². The maximum atomic E-state index is 13.4. The van der Waals surface area contributed by atoms with Gasteiger partial charge in [-0.05, 0) is 80.6 Å². The molecule has 0 bridgehead atoms. The lowest BCUT2D eigenvalue weighted by Gasteiger charge is -2.38. The van der Waals surface area contributed by atoms with Crippen LogP contribution in [0.15, 0.2) is 48.5 Å². The normalized spacial score (nSPS) is 20.3. The standard InChI is InChI=1S/C24H30N2O2/c1-28-23-12-7-9-20(17-23)19-8-6-10-21(16-19)24(27)26-15-3-2-11-22(26)18-25-13-4-5-14-25/h6-10,12,16-17,22H,2-5,11,13-15,18H2,1H3. The Morgan fingerprint density at radius 1 is 0.964 bits per heavy atom. The number of hydrogen-bond acceptors (Lipinski definition) is 3. The molecule has 2 fully saturated rings. The number of rotatable bonds is 5. The number of hydrogen-bond donors (Lipinski definition) is 0. The number of carbonyl (C=O) groups excluding carboxylic acids is 1. The number of likely N-dealkylation sites (tertiary alicyclic amines) is 2. The highest BCUT2D eigenvalue weighted by molar-refractivity contribution is 5.95. The van der Waals surface area contributed by atoms with Crippen molar-refractivity contribution in [2.45, 2.75) is 38.1 Å². The molecule has 2 heterocycles. The lowest BCUT2D eigenvalue weighted by atomic mass is 9.98. The first-order valence-corrected chi connectivity index (χ1v) is 10.5. The number of nitrogens with zero attached hydrogens (tertiary/aromatic N) is 2. The predicted molar refractivity (Wildman–Crippen MR) is 113 cm³/mol. The summed E-state index contributed by atoms with van der Waals surface area (Å²) in [6.07, 6.45) is 6.05. The highest BCUT2D eigenvalue weighted by atomic mass is 16.5. The molecular weight excluding hydrogens is 348 g/mol. The fourth-order valence-corrected chi connectivity index (χ4v) is 4.52. The van der Waals surface area contributed by atoms with E-state index in [2.05, 4.69) is 21.9 Å². The zero-order chi connectivity index (χ0) is 19.3. The summed E-state index contributed by atoms with van der Waals surface area (Å²) in [5.41, 5.74) is 2.91. The van der Waals surface area contributed by atoms with Crippen LogP contribution in [-0.2, 0) is 0 Å². The second kappa shape index (κ2) is 8.78. The molecule has 2 aliphatic rings. The van der Waals surface area contributed by atoms with Gasteiger partial charge in [0.1, 0.15) is 5.75 Å². The minimum atomic E-state index is 0.175. The van der Waals surface area contributed by atoms with E-state index in [0.29, 0.717) is 6.04 Å². The van der Waals surface area contributed by atoms with Gasteiger partial charge in [-0.25, -0.2) is 0 Å². The Hall–Kier alpha value is -2.33. The van der Waals surface area contributed by atoms with E-state index in [1.807, 2.05) is 36.4 Å². The van der Waals surface area contributed by atoms with Crippen molar-refractivity contribution in [3.63, 3.8) is 0 Å². The molecule has 4 rings (SSSR count). The van der Waals surface area contributed by atoms with Crippen molar-refractivity contribution in [1.82, 2.24) is 9.80 Å². The van der Waals surface area contributed by atoms with E-state index in [9.17, 15) is 4.79 Å². The van der Waals surface area contributed by atoms with Crippen molar-refractivity contribution in [2.24, 2.45) is 0 Å². The van der Waals surface area contributed by atoms with E-state index >= 15 is 0 Å². The van der Waals surface area contributed by atoms with E-state index in [1.54, 1.807) is 7.11 Å². The summed E-state index contributed by atoms with van der Waals surface area (Å²) in [6.45, 7) is 4.27. The molecule has 148 valence electrons. The van der Waals surface area contributed by atoms with Gasteiger partial charge in [0.2, 0.25) is 0 Å². The van der Waals surface area contributed by atoms with E-state index in [0.717, 1.165) is 48.4 Å². The Morgan fingerprint density at radius 3 is 2.46 bits per heavy atom. The van der Waals surface area contributed by atoms with Gasteiger partial charge in [-0.1, -0.05) is 24.3 Å². The number of ether oxygens (including phenoxy) is 1. The van der Waals surface area contributed by atoms with Crippen molar-refractivity contribution in [1.29, 1.82) is 0 Å². The fraction of sp³-hybridized carbons (Fsp3) is 0.458. The van der Waals surface area contributed by atoms with Gasteiger partial charge in [0, 0.05) is 24.7 Å². The minimum absolute atomic E-state index is 0.175. The number of methoxy groups -OCH3 is 1. The van der Waals surface area contributed by atoms with Crippen LogP contribution in [0.1, 0.15) is 42.5 Å². The van der Waals surface area contributed by atoms with Crippen LogP contribution in [-0.4, -0.2) is 55.0 Å². The zero-order valence-corrected chi connectivity index (χ0v) is 16.8. The Labute approximate surface area is 168 Å². The van der Waals surface area contributed by atoms with Gasteiger partial charge >= 0.3 is 0 Å². The van der Waals surface area contributed by atoms with Gasteiger partial charge in [0.25, 0.3) is 5.91 Å². The van der Waals surface area contributed by atoms with Crippen LogP contribution in [0.5, 0.6) is 5.75 Å². The molecule has 0 N–H and O–H groups in total. The molecule has 2 aromatic rings. The number of carbonyl (C=O) groups is 1. The summed E-state index contributed by atoms with van der Waals surface area (Å²) in [7, 11) is 1.68. The zero-order valence-electron chi connectivity index (χ0n) is 16.8. The molecule has 0 spiro atoms. The summed E-state index contributed by atoms with van der Waals surface area (Å²) in [5, 5.41) is 0. The van der Waals surface area contributed by atoms with E-state index in [-0.39, 0.29) is 5.91 Å². The maximum Gasteiger partial charge on any atom is 0.254 e. The van der Waals surface area contributed by atoms with Gasteiger partial charge in [0.05, 0.1) is 7.11 Å². The SMILES string of the molecule is COc1cccc(-c2cccc(C(=O)N3CCCCC3CN3CCCC3)c2)c1. The lowest BCUT2D eigenvalue weighted by Crippen LogP contribution is -2.49. The molecule has 1 amide bonds. The molecule has 0 saturated carbocycles. The Bertz CT molecular complexity index is 814. The van der Waals surface area contributed by atoms with Gasteiger partial charge in [0.15, 0.2) is 0 Å². The third kappa shape index (κ3) is 4.22. The van der Waals surface area contributed by atoms with Crippen LogP contribution in [0.3, 0.4) is 0 Å². The van der Waals surface area contributed by atoms with Crippen molar-refractivity contribution >= 4 is 5.91 Å². The maximum absolute atomic E-state index is 13.4. The molecule has 2 aromatic carbocycles. The Morgan fingerprint density at radius 2 is 1.68 bits per heavy atom. The van der Waals surface area contributed by atoms with E-state index in [4.69, 9.17) is 4.74 Å². The number of benzene rings is 2. The number of amides is 1. The molecule has 1 unspecified atom stereocenters. The average Bonchev–Trinajstić information content (AvgIpc) is 3.27. The summed E-state index contributed by atoms with van der Waals surface area (Å²) in [5.74, 6) is 1.00. The van der Waals surface area contributed by atoms with Crippen molar-refractivity contribution < 1.29 is 9.53 Å². The highest BCUT2D eigenvalue weighted by Crippen LogP contribution is 2.27. The molecule has 0 aliphatic carbocycles. The first kappa shape index (κ1) is 19.0. The van der Waals surface area contributed by atoms with Crippen LogP contribution in [0.25, 0.3) is 11.1 Å². The molecule has 1 atom stereocenters. The molecule has 2 aliphatic heterocycles. The summed E-state index contributed by atoms with van der Waals surface area (Å²) in [6, 6.07) is 16.4. The van der Waals surface area contributed by atoms with Crippen LogP contribution in [0, 0.1) is 0 Å². The topological polar surface area (TPSA) is 32.8 Å². The predicted octanol–water partition coefficient (Wildman–Crippen LogP) is 4.45.